The Morgan fingerprint density at radius 2 is 1.84 bits per heavy atom. The summed E-state index contributed by atoms with van der Waals surface area (Å²) < 4.78 is 2.12. The van der Waals surface area contributed by atoms with E-state index in [2.05, 4.69) is 55.8 Å². The topological polar surface area (TPSA) is 70.5 Å². The van der Waals surface area contributed by atoms with Crippen LogP contribution < -0.4 is 5.32 Å². The Bertz CT molecular complexity index is 779. The van der Waals surface area contributed by atoms with Crippen LogP contribution in [0.5, 0.6) is 0 Å². The molecule has 0 aliphatic carbocycles. The van der Waals surface area contributed by atoms with Crippen LogP contribution in [-0.4, -0.2) is 69.4 Å². The predicted molar refractivity (Wildman–Crippen MR) is 127 cm³/mol. The number of carbonyl (C=O) groups is 2. The quantitative estimate of drug-likeness (QED) is 0.668. The Kier molecular flexibility index (Phi) is 8.37. The van der Waals surface area contributed by atoms with Gasteiger partial charge in [-0.2, -0.15) is 0 Å². The van der Waals surface area contributed by atoms with Gasteiger partial charge in [0.2, 0.25) is 11.8 Å². The number of piperazine rings is 1. The van der Waals surface area contributed by atoms with Crippen LogP contribution in [0.25, 0.3) is 0 Å². The maximum atomic E-state index is 13.6. The number of likely N-dealkylation sites (tertiary alicyclic amines) is 1. The molecule has 1 aromatic rings. The van der Waals surface area contributed by atoms with Gasteiger partial charge in [0.05, 0.1) is 11.7 Å². The van der Waals surface area contributed by atoms with Crippen LogP contribution in [0.3, 0.4) is 0 Å². The number of hydrogen-bond donors (Lipinski definition) is 1. The van der Waals surface area contributed by atoms with Crippen LogP contribution >= 0.6 is 0 Å². The van der Waals surface area contributed by atoms with Crippen molar-refractivity contribution in [3.8, 4) is 0 Å². The van der Waals surface area contributed by atoms with Gasteiger partial charge in [-0.25, -0.2) is 4.98 Å². The molecular formula is C25H43N5O2. The number of amides is 2. The summed E-state index contributed by atoms with van der Waals surface area (Å²) in [6.45, 7) is 13.5. The first kappa shape index (κ1) is 24.7. The Balaban J connectivity index is 1.63. The molecule has 1 aromatic heterocycles. The summed E-state index contributed by atoms with van der Waals surface area (Å²) in [5, 5.41) is 3.37. The van der Waals surface area contributed by atoms with Crippen molar-refractivity contribution in [1.29, 1.82) is 0 Å². The Morgan fingerprint density at radius 1 is 1.16 bits per heavy atom. The molecule has 2 aliphatic rings. The van der Waals surface area contributed by atoms with Crippen molar-refractivity contribution in [3.63, 3.8) is 0 Å². The van der Waals surface area contributed by atoms with Crippen molar-refractivity contribution in [2.75, 3.05) is 26.2 Å². The van der Waals surface area contributed by atoms with Gasteiger partial charge in [-0.05, 0) is 50.4 Å². The van der Waals surface area contributed by atoms with E-state index in [9.17, 15) is 9.59 Å². The fourth-order valence-electron chi connectivity index (χ4n) is 5.21. The van der Waals surface area contributed by atoms with Gasteiger partial charge in [0.1, 0.15) is 11.9 Å². The third kappa shape index (κ3) is 6.12. The first-order chi connectivity index (χ1) is 15.2. The number of aromatic nitrogens is 2. The number of rotatable bonds is 8. The lowest BCUT2D eigenvalue weighted by Crippen LogP contribution is -2.62. The molecule has 2 atom stereocenters. The molecule has 7 heteroatoms. The van der Waals surface area contributed by atoms with Crippen LogP contribution in [0, 0.1) is 24.7 Å². The van der Waals surface area contributed by atoms with Crippen molar-refractivity contribution in [2.45, 2.75) is 78.8 Å². The van der Waals surface area contributed by atoms with Crippen molar-refractivity contribution in [3.05, 3.63) is 17.7 Å². The van der Waals surface area contributed by atoms with Crippen molar-refractivity contribution < 1.29 is 9.59 Å². The van der Waals surface area contributed by atoms with E-state index < -0.39 is 0 Å². The highest BCUT2D eigenvalue weighted by Crippen LogP contribution is 2.25. The summed E-state index contributed by atoms with van der Waals surface area (Å²) in [7, 11) is 2.06. The summed E-state index contributed by atoms with van der Waals surface area (Å²) in [5.41, 5.74) is 1.06. The molecular weight excluding hydrogens is 402 g/mol. The minimum atomic E-state index is -0.340. The molecule has 3 rings (SSSR count). The molecule has 3 heterocycles. The van der Waals surface area contributed by atoms with Gasteiger partial charge in [-0.3, -0.25) is 9.59 Å². The van der Waals surface area contributed by atoms with Gasteiger partial charge in [0, 0.05) is 45.8 Å². The van der Waals surface area contributed by atoms with Crippen molar-refractivity contribution in [1.82, 2.24) is 24.7 Å². The second kappa shape index (κ2) is 10.8. The Morgan fingerprint density at radius 3 is 2.41 bits per heavy atom. The third-order valence-electron chi connectivity index (χ3n) is 6.88. The number of aryl methyl sites for hydroxylation is 2. The van der Waals surface area contributed by atoms with E-state index >= 15 is 0 Å². The first-order valence-corrected chi connectivity index (χ1v) is 12.5. The fourth-order valence-corrected chi connectivity index (χ4v) is 5.21. The van der Waals surface area contributed by atoms with E-state index in [0.29, 0.717) is 24.3 Å². The lowest BCUT2D eigenvalue weighted by molar-refractivity contribution is -0.150. The molecule has 0 bridgehead atoms. The molecule has 2 saturated heterocycles. The molecule has 0 spiro atoms. The zero-order valence-corrected chi connectivity index (χ0v) is 20.9. The normalized spacial score (nSPS) is 21.6. The summed E-state index contributed by atoms with van der Waals surface area (Å²) in [6.07, 6.45) is 6.58. The monoisotopic (exact) mass is 445 g/mol. The average molecular weight is 446 g/mol. The van der Waals surface area contributed by atoms with Crippen LogP contribution in [-0.2, 0) is 23.1 Å². The minimum Gasteiger partial charge on any atom is -0.341 e. The van der Waals surface area contributed by atoms with Gasteiger partial charge in [0.15, 0.2) is 0 Å². The fraction of sp³-hybridized carbons (Fsp3) is 0.800. The molecule has 2 amide bonds. The average Bonchev–Trinajstić information content (AvgIpc) is 3.04. The predicted octanol–water partition coefficient (Wildman–Crippen LogP) is 2.77. The molecule has 180 valence electrons. The number of carbonyl (C=O) groups excluding carboxylic acids is 2. The van der Waals surface area contributed by atoms with E-state index in [4.69, 9.17) is 0 Å². The SMILES string of the molecule is Cc1cn(C)c(CC2CCN(C(=O)C(CC(C)C)N3CCN[C@@H](CC(C)C)C3=O)CC2)n1. The number of imidazole rings is 1. The lowest BCUT2D eigenvalue weighted by atomic mass is 9.91. The number of hydrogen-bond acceptors (Lipinski definition) is 4. The minimum absolute atomic E-state index is 0.101. The first-order valence-electron chi connectivity index (χ1n) is 12.5. The van der Waals surface area contributed by atoms with Gasteiger partial charge < -0.3 is 19.7 Å². The summed E-state index contributed by atoms with van der Waals surface area (Å²) >= 11 is 0. The smallest absolute Gasteiger partial charge is 0.245 e. The van der Waals surface area contributed by atoms with Crippen LogP contribution in [0.15, 0.2) is 6.20 Å². The maximum Gasteiger partial charge on any atom is 0.245 e. The zero-order valence-electron chi connectivity index (χ0n) is 20.9. The lowest BCUT2D eigenvalue weighted by Gasteiger charge is -2.42. The van der Waals surface area contributed by atoms with E-state index in [-0.39, 0.29) is 23.9 Å². The maximum absolute atomic E-state index is 13.6. The van der Waals surface area contributed by atoms with Crippen molar-refractivity contribution >= 4 is 11.8 Å². The molecule has 0 saturated carbocycles. The molecule has 0 aromatic carbocycles. The third-order valence-corrected chi connectivity index (χ3v) is 6.88. The highest BCUT2D eigenvalue weighted by molar-refractivity contribution is 5.90. The van der Waals surface area contributed by atoms with E-state index in [1.54, 1.807) is 0 Å². The largest absolute Gasteiger partial charge is 0.341 e. The van der Waals surface area contributed by atoms with Gasteiger partial charge in [-0.15, -0.1) is 0 Å². The molecule has 1 N–H and O–H groups in total. The molecule has 2 fully saturated rings. The van der Waals surface area contributed by atoms with E-state index in [0.717, 1.165) is 63.3 Å². The van der Waals surface area contributed by atoms with Crippen LogP contribution in [0.1, 0.15) is 64.9 Å². The highest BCUT2D eigenvalue weighted by atomic mass is 16.2. The summed E-state index contributed by atoms with van der Waals surface area (Å²) in [4.78, 5) is 35.4. The number of nitrogens with zero attached hydrogens (tertiary/aromatic N) is 4. The van der Waals surface area contributed by atoms with Crippen molar-refractivity contribution in [2.24, 2.45) is 24.8 Å². The van der Waals surface area contributed by atoms with E-state index in [1.807, 2.05) is 16.7 Å². The number of nitrogens with one attached hydrogen (secondary N) is 1. The molecule has 0 radical (unpaired) electrons. The Hall–Kier alpha value is -1.89. The summed E-state index contributed by atoms with van der Waals surface area (Å²) in [6, 6.07) is -0.508. The standard InChI is InChI=1S/C25H43N5O2/c1-17(2)13-21-24(31)30(12-9-26-21)22(14-18(3)4)25(32)29-10-7-20(8-11-29)15-23-27-19(5)16-28(23)6/h16-18,20-22,26H,7-15H2,1-6H3/t21-,22?/m0/s1. The second-order valence-electron chi connectivity index (χ2n) is 10.7. The molecule has 32 heavy (non-hydrogen) atoms. The van der Waals surface area contributed by atoms with Crippen LogP contribution in [0.4, 0.5) is 0 Å². The summed E-state index contributed by atoms with van der Waals surface area (Å²) in [5.74, 6) is 2.73. The second-order valence-corrected chi connectivity index (χ2v) is 10.7. The van der Waals surface area contributed by atoms with Crippen LogP contribution in [0.2, 0.25) is 0 Å². The Labute approximate surface area is 193 Å². The van der Waals surface area contributed by atoms with Gasteiger partial charge in [0.25, 0.3) is 0 Å². The molecule has 7 nitrogen and oxygen atoms in total. The van der Waals surface area contributed by atoms with E-state index in [1.165, 1.54) is 0 Å². The molecule has 2 aliphatic heterocycles. The highest BCUT2D eigenvalue weighted by Gasteiger charge is 2.39. The van der Waals surface area contributed by atoms with Gasteiger partial charge in [-0.1, -0.05) is 27.7 Å². The number of piperidine rings is 1. The molecule has 1 unspecified atom stereocenters. The zero-order chi connectivity index (χ0) is 23.4. The van der Waals surface area contributed by atoms with Gasteiger partial charge >= 0.3 is 0 Å².